The average Bonchev–Trinajstić information content (AvgIpc) is 2.73. The summed E-state index contributed by atoms with van der Waals surface area (Å²) in [5, 5.41) is 0. The normalized spacial score (nSPS) is 10.6. The maximum atomic E-state index is 10.2. The van der Waals surface area contributed by atoms with Crippen LogP contribution in [0.15, 0.2) is 65.7 Å². The quantitative estimate of drug-likeness (QED) is 0.201. The van der Waals surface area contributed by atoms with E-state index in [2.05, 4.69) is 4.99 Å². The number of nitrogens with zero attached hydrogens (tertiary/aromatic N) is 1. The number of para-hydroxylation sites is 2. The lowest BCUT2D eigenvalue weighted by molar-refractivity contribution is 0.219. The molecule has 0 radical (unpaired) electrons. The summed E-state index contributed by atoms with van der Waals surface area (Å²) in [6.45, 7) is 10.1. The van der Waals surface area contributed by atoms with E-state index in [0.717, 1.165) is 37.2 Å². The number of rotatable bonds is 12. The van der Waals surface area contributed by atoms with Gasteiger partial charge in [0.25, 0.3) is 0 Å². The summed E-state index contributed by atoms with van der Waals surface area (Å²) in [4.78, 5) is 13.8. The molecule has 0 heterocycles. The summed E-state index contributed by atoms with van der Waals surface area (Å²) in [6.07, 6.45) is 2.30. The molecule has 2 rings (SSSR count). The molecule has 0 unspecified atom stereocenters. The summed E-state index contributed by atoms with van der Waals surface area (Å²) in [7, 11) is -3.67. The first-order valence-electron chi connectivity index (χ1n) is 10.3. The number of carbonyl (C=O) groups excluding carboxylic acids is 1. The molecule has 164 valence electrons. The minimum atomic E-state index is -2.47. The third-order valence-corrected chi connectivity index (χ3v) is 8.12. The van der Waals surface area contributed by atoms with Crippen molar-refractivity contribution in [3.8, 4) is 11.5 Å². The summed E-state index contributed by atoms with van der Waals surface area (Å²) in [5.41, 5.74) is 0. The van der Waals surface area contributed by atoms with Crippen LogP contribution in [-0.4, -0.2) is 43.7 Å². The molecule has 2 aromatic carbocycles. The maximum Gasteiger partial charge on any atom is 0.457 e. The molecule has 0 aliphatic heterocycles. The summed E-state index contributed by atoms with van der Waals surface area (Å²) < 4.78 is 22.7. The first-order valence-corrected chi connectivity index (χ1v) is 14.9. The van der Waals surface area contributed by atoms with Crippen LogP contribution >= 0.6 is 0 Å². The van der Waals surface area contributed by atoms with Gasteiger partial charge in [0, 0.05) is 25.8 Å². The number of hydrogen-bond donors (Lipinski definition) is 0. The molecular weight excluding hydrogens is 414 g/mol. The molecule has 0 N–H and O–H groups in total. The minimum absolute atomic E-state index is 0.447. The molecule has 0 spiro atoms. The number of aliphatic imine (C=N–C) groups is 1. The predicted octanol–water partition coefficient (Wildman–Crippen LogP) is 4.85. The van der Waals surface area contributed by atoms with Crippen molar-refractivity contribution in [2.24, 2.45) is 4.99 Å². The van der Waals surface area contributed by atoms with Gasteiger partial charge in [0.05, 0.1) is 6.54 Å². The van der Waals surface area contributed by atoms with E-state index in [4.69, 9.17) is 17.7 Å². The summed E-state index contributed by atoms with van der Waals surface area (Å²) in [5.74, 6) is 1.60. The summed E-state index contributed by atoms with van der Waals surface area (Å²) >= 11 is 0. The van der Waals surface area contributed by atoms with Gasteiger partial charge >= 0.3 is 17.8 Å². The zero-order valence-corrected chi connectivity index (χ0v) is 20.5. The van der Waals surface area contributed by atoms with E-state index >= 15 is 0 Å². The lowest BCUT2D eigenvalue weighted by atomic mass is 10.3. The molecule has 0 fully saturated rings. The van der Waals surface area contributed by atoms with E-state index < -0.39 is 17.8 Å². The Kier molecular flexibility index (Phi) is 13.4. The Morgan fingerprint density at radius 1 is 0.900 bits per heavy atom. The van der Waals surface area contributed by atoms with Gasteiger partial charge in [-0.3, -0.25) is 0 Å². The molecule has 8 heteroatoms. The highest BCUT2D eigenvalue weighted by Gasteiger charge is 2.35. The van der Waals surface area contributed by atoms with Crippen molar-refractivity contribution >= 4 is 23.9 Å². The topological polar surface area (TPSA) is 66.4 Å². The SMILES string of the molecule is CCO[SiH](C)OCC.C[Si](CCCN=C=O)(Oc1ccccc1)Oc1ccccc1. The number of hydrogen-bond acceptors (Lipinski definition) is 6. The van der Waals surface area contributed by atoms with Gasteiger partial charge in [0.2, 0.25) is 6.08 Å². The fraction of sp³-hybridized carbons (Fsp3) is 0.409. The smallest absolute Gasteiger partial charge is 0.457 e. The van der Waals surface area contributed by atoms with Crippen LogP contribution in [0.5, 0.6) is 11.5 Å². The van der Waals surface area contributed by atoms with E-state index in [-0.39, 0.29) is 0 Å². The van der Waals surface area contributed by atoms with Crippen molar-refractivity contribution in [1.82, 2.24) is 0 Å². The maximum absolute atomic E-state index is 10.2. The van der Waals surface area contributed by atoms with Crippen LogP contribution in [0.25, 0.3) is 0 Å². The van der Waals surface area contributed by atoms with Gasteiger partial charge in [-0.05, 0) is 51.1 Å². The second-order valence-corrected chi connectivity index (χ2v) is 11.5. The highest BCUT2D eigenvalue weighted by Crippen LogP contribution is 2.24. The molecule has 0 bridgehead atoms. The molecule has 0 atom stereocenters. The zero-order chi connectivity index (χ0) is 22.1. The first kappa shape index (κ1) is 25.8. The number of benzene rings is 2. The van der Waals surface area contributed by atoms with E-state index in [0.29, 0.717) is 6.54 Å². The monoisotopic (exact) mass is 447 g/mol. The Hall–Kier alpha value is -2.23. The Bertz CT molecular complexity index is 679. The van der Waals surface area contributed by atoms with Gasteiger partial charge in [-0.25, -0.2) is 9.79 Å². The van der Waals surface area contributed by atoms with E-state index in [1.54, 1.807) is 6.08 Å². The van der Waals surface area contributed by atoms with E-state index in [9.17, 15) is 4.79 Å². The van der Waals surface area contributed by atoms with Crippen molar-refractivity contribution in [3.05, 3.63) is 60.7 Å². The van der Waals surface area contributed by atoms with Crippen LogP contribution in [0.2, 0.25) is 19.1 Å². The molecular formula is C22H33NO5Si2. The van der Waals surface area contributed by atoms with Crippen LogP contribution in [0.4, 0.5) is 0 Å². The molecule has 0 aliphatic carbocycles. The van der Waals surface area contributed by atoms with Crippen molar-refractivity contribution in [2.45, 2.75) is 39.4 Å². The molecule has 0 amide bonds. The summed E-state index contributed by atoms with van der Waals surface area (Å²) in [6, 6.07) is 20.0. The third-order valence-electron chi connectivity index (χ3n) is 3.92. The Morgan fingerprint density at radius 2 is 1.37 bits per heavy atom. The fourth-order valence-electron chi connectivity index (χ4n) is 2.64. The largest absolute Gasteiger partial charge is 0.512 e. The van der Waals surface area contributed by atoms with Crippen LogP contribution in [-0.2, 0) is 13.6 Å². The minimum Gasteiger partial charge on any atom is -0.512 e. The van der Waals surface area contributed by atoms with Gasteiger partial charge in [0.1, 0.15) is 11.5 Å². The molecule has 0 saturated carbocycles. The van der Waals surface area contributed by atoms with E-state index in [1.165, 1.54) is 0 Å². The van der Waals surface area contributed by atoms with Crippen molar-refractivity contribution < 1.29 is 22.5 Å². The molecule has 0 aliphatic rings. The fourth-order valence-corrected chi connectivity index (χ4v) is 5.99. The van der Waals surface area contributed by atoms with Crippen molar-refractivity contribution in [2.75, 3.05) is 19.8 Å². The van der Waals surface area contributed by atoms with E-state index in [1.807, 2.05) is 87.6 Å². The molecule has 0 aromatic heterocycles. The molecule has 0 saturated heterocycles. The highest BCUT2D eigenvalue weighted by molar-refractivity contribution is 6.67. The molecule has 6 nitrogen and oxygen atoms in total. The van der Waals surface area contributed by atoms with Gasteiger partial charge in [-0.15, -0.1) is 0 Å². The Morgan fingerprint density at radius 3 is 1.77 bits per heavy atom. The standard InChI is InChI=1S/C17H19NO3Si.C5H14O2Si/c1-22(14-8-13-18-15-19,20-16-9-4-2-5-10-16)21-17-11-6-3-7-12-17;1-4-6-8(3)7-5-2/h2-7,9-12H,8,13-14H2,1H3;8H,4-5H2,1-3H3. The third kappa shape index (κ3) is 11.7. The van der Waals surface area contributed by atoms with Gasteiger partial charge in [-0.2, -0.15) is 0 Å². The van der Waals surface area contributed by atoms with Crippen LogP contribution in [0.3, 0.4) is 0 Å². The van der Waals surface area contributed by atoms with Gasteiger partial charge in [-0.1, -0.05) is 36.4 Å². The predicted molar refractivity (Wildman–Crippen MR) is 124 cm³/mol. The zero-order valence-electron chi connectivity index (χ0n) is 18.4. The number of isocyanates is 1. The van der Waals surface area contributed by atoms with Crippen LogP contribution in [0.1, 0.15) is 20.3 Å². The van der Waals surface area contributed by atoms with Gasteiger partial charge in [0.15, 0.2) is 0 Å². The van der Waals surface area contributed by atoms with Crippen molar-refractivity contribution in [3.63, 3.8) is 0 Å². The first-order chi connectivity index (χ1) is 14.5. The van der Waals surface area contributed by atoms with Crippen molar-refractivity contribution in [1.29, 1.82) is 0 Å². The van der Waals surface area contributed by atoms with Gasteiger partial charge < -0.3 is 17.7 Å². The van der Waals surface area contributed by atoms with Crippen LogP contribution < -0.4 is 8.85 Å². The molecule has 30 heavy (non-hydrogen) atoms. The Balaban J connectivity index is 0.000000479. The lowest BCUT2D eigenvalue weighted by Crippen LogP contribution is -2.45. The highest BCUT2D eigenvalue weighted by atomic mass is 28.4. The molecule has 2 aromatic rings. The lowest BCUT2D eigenvalue weighted by Gasteiger charge is -2.28. The second-order valence-electron chi connectivity index (χ2n) is 6.52. The Labute approximate surface area is 183 Å². The average molecular weight is 448 g/mol. The second kappa shape index (κ2) is 15.6. The van der Waals surface area contributed by atoms with Crippen LogP contribution in [0, 0.1) is 0 Å².